The maximum atomic E-state index is 6.50. The lowest BCUT2D eigenvalue weighted by Gasteiger charge is -2.13. The zero-order valence-electron chi connectivity index (χ0n) is 26.5. The van der Waals surface area contributed by atoms with Gasteiger partial charge in [0.2, 0.25) is 0 Å². The number of hydrogen-bond donors (Lipinski definition) is 0. The Labute approximate surface area is 283 Å². The molecule has 8 aromatic carbocycles. The Morgan fingerprint density at radius 3 is 1.59 bits per heavy atom. The van der Waals surface area contributed by atoms with Gasteiger partial charge in [0.15, 0.2) is 5.82 Å². The minimum atomic E-state index is 0.702. The van der Waals surface area contributed by atoms with Crippen molar-refractivity contribution in [3.8, 4) is 56.2 Å². The highest BCUT2D eigenvalue weighted by Gasteiger charge is 2.19. The van der Waals surface area contributed by atoms with Crippen molar-refractivity contribution in [2.45, 2.75) is 0 Å². The van der Waals surface area contributed by atoms with Crippen molar-refractivity contribution in [3.63, 3.8) is 0 Å². The van der Waals surface area contributed by atoms with Crippen LogP contribution in [0, 0.1) is 0 Å². The van der Waals surface area contributed by atoms with E-state index in [1.165, 1.54) is 37.9 Å². The predicted molar refractivity (Wildman–Crippen MR) is 203 cm³/mol. The van der Waals surface area contributed by atoms with Gasteiger partial charge in [-0.3, -0.25) is 0 Å². The van der Waals surface area contributed by atoms with Crippen LogP contribution in [-0.2, 0) is 0 Å². The number of fused-ring (bicyclic) bond motifs is 3. The molecule has 228 valence electrons. The summed E-state index contributed by atoms with van der Waals surface area (Å²) in [4.78, 5) is 10.2. The van der Waals surface area contributed by atoms with Gasteiger partial charge in [0, 0.05) is 27.5 Å². The van der Waals surface area contributed by atoms with E-state index >= 15 is 0 Å². The van der Waals surface area contributed by atoms with Crippen LogP contribution in [0.15, 0.2) is 174 Å². The highest BCUT2D eigenvalue weighted by atomic mass is 16.3. The monoisotopic (exact) mass is 624 g/mol. The molecule has 49 heavy (non-hydrogen) atoms. The van der Waals surface area contributed by atoms with Gasteiger partial charge in [-0.1, -0.05) is 133 Å². The van der Waals surface area contributed by atoms with Crippen molar-refractivity contribution in [2.24, 2.45) is 0 Å². The first kappa shape index (κ1) is 27.5. The first-order chi connectivity index (χ1) is 24.3. The third-order valence-electron chi connectivity index (χ3n) is 9.62. The molecule has 0 bridgehead atoms. The summed E-state index contributed by atoms with van der Waals surface area (Å²) < 4.78 is 6.50. The van der Waals surface area contributed by atoms with Gasteiger partial charge in [-0.25, -0.2) is 9.97 Å². The molecule has 0 amide bonds. The predicted octanol–water partition coefficient (Wildman–Crippen LogP) is 12.5. The molecule has 2 heterocycles. The second-order valence-corrected chi connectivity index (χ2v) is 12.6. The largest absolute Gasteiger partial charge is 0.456 e. The Hall–Kier alpha value is -6.58. The van der Waals surface area contributed by atoms with Crippen LogP contribution in [0.1, 0.15) is 0 Å². The second kappa shape index (κ2) is 11.0. The topological polar surface area (TPSA) is 38.9 Å². The molecule has 10 aromatic rings. The maximum absolute atomic E-state index is 6.50. The molecule has 0 N–H and O–H groups in total. The summed E-state index contributed by atoms with van der Waals surface area (Å²) in [5, 5.41) is 7.22. The van der Waals surface area contributed by atoms with Crippen LogP contribution in [0.25, 0.3) is 99.6 Å². The van der Waals surface area contributed by atoms with Crippen LogP contribution in [-0.4, -0.2) is 9.97 Å². The smallest absolute Gasteiger partial charge is 0.160 e. The summed E-state index contributed by atoms with van der Waals surface area (Å²) in [6, 6.07) is 59.6. The summed E-state index contributed by atoms with van der Waals surface area (Å²) in [7, 11) is 0. The minimum absolute atomic E-state index is 0.702. The molecule has 0 unspecified atom stereocenters. The van der Waals surface area contributed by atoms with E-state index < -0.39 is 0 Å². The van der Waals surface area contributed by atoms with E-state index in [-0.39, 0.29) is 0 Å². The Morgan fingerprint density at radius 1 is 0.306 bits per heavy atom. The molecule has 0 radical (unpaired) electrons. The van der Waals surface area contributed by atoms with E-state index in [1.807, 2.05) is 36.4 Å². The molecule has 0 saturated carbocycles. The van der Waals surface area contributed by atoms with Crippen molar-refractivity contribution >= 4 is 43.5 Å². The zero-order chi connectivity index (χ0) is 32.3. The van der Waals surface area contributed by atoms with Gasteiger partial charge in [0.05, 0.1) is 11.4 Å². The van der Waals surface area contributed by atoms with E-state index in [1.54, 1.807) is 0 Å². The quantitative estimate of drug-likeness (QED) is 0.179. The molecule has 3 nitrogen and oxygen atoms in total. The lowest BCUT2D eigenvalue weighted by molar-refractivity contribution is 0.669. The maximum Gasteiger partial charge on any atom is 0.160 e. The number of furan rings is 1. The van der Waals surface area contributed by atoms with Crippen LogP contribution >= 0.6 is 0 Å². The van der Waals surface area contributed by atoms with Crippen molar-refractivity contribution in [3.05, 3.63) is 170 Å². The van der Waals surface area contributed by atoms with Gasteiger partial charge in [-0.2, -0.15) is 0 Å². The summed E-state index contributed by atoms with van der Waals surface area (Å²) in [6.45, 7) is 0. The molecule has 0 aliphatic rings. The molecule has 0 aliphatic heterocycles. The SMILES string of the molecule is c1ccc(-c2cc3oc4cccc5c6cc(-c7cccc(-c8nc(-c9ccccc9)cc(-c9ccccc9)n8)c7)ccc6c(c2)c3c45)cc1. The molecule has 0 saturated heterocycles. The van der Waals surface area contributed by atoms with Crippen LogP contribution in [0.4, 0.5) is 0 Å². The third kappa shape index (κ3) is 4.59. The van der Waals surface area contributed by atoms with E-state index in [9.17, 15) is 0 Å². The molecule has 2 aromatic heterocycles. The van der Waals surface area contributed by atoms with Crippen molar-refractivity contribution in [2.75, 3.05) is 0 Å². The zero-order valence-corrected chi connectivity index (χ0v) is 26.5. The lowest BCUT2D eigenvalue weighted by Crippen LogP contribution is -1.96. The fraction of sp³-hybridized carbons (Fsp3) is 0. The Morgan fingerprint density at radius 2 is 0.878 bits per heavy atom. The van der Waals surface area contributed by atoms with Crippen molar-refractivity contribution in [1.29, 1.82) is 0 Å². The second-order valence-electron chi connectivity index (χ2n) is 12.6. The average molecular weight is 625 g/mol. The van der Waals surface area contributed by atoms with Gasteiger partial charge in [0.25, 0.3) is 0 Å². The first-order valence-electron chi connectivity index (χ1n) is 16.6. The molecule has 0 aliphatic carbocycles. The third-order valence-corrected chi connectivity index (χ3v) is 9.62. The summed E-state index contributed by atoms with van der Waals surface area (Å²) >= 11 is 0. The number of benzene rings is 8. The van der Waals surface area contributed by atoms with Crippen molar-refractivity contribution < 1.29 is 4.42 Å². The normalized spacial score (nSPS) is 11.7. The van der Waals surface area contributed by atoms with E-state index in [2.05, 4.69) is 133 Å². The lowest BCUT2D eigenvalue weighted by atomic mass is 9.90. The van der Waals surface area contributed by atoms with Crippen LogP contribution in [0.2, 0.25) is 0 Å². The summed E-state index contributed by atoms with van der Waals surface area (Å²) in [6.07, 6.45) is 0. The highest BCUT2D eigenvalue weighted by molar-refractivity contribution is 6.33. The highest BCUT2D eigenvalue weighted by Crippen LogP contribution is 2.45. The van der Waals surface area contributed by atoms with Gasteiger partial charge >= 0.3 is 0 Å². The van der Waals surface area contributed by atoms with Gasteiger partial charge in [-0.05, 0) is 80.2 Å². The summed E-state index contributed by atoms with van der Waals surface area (Å²) in [5.41, 5.74) is 11.3. The van der Waals surface area contributed by atoms with Gasteiger partial charge in [-0.15, -0.1) is 0 Å². The molecule has 0 spiro atoms. The van der Waals surface area contributed by atoms with E-state index in [0.29, 0.717) is 5.82 Å². The number of aromatic nitrogens is 2. The number of hydrogen-bond acceptors (Lipinski definition) is 3. The Kier molecular flexibility index (Phi) is 6.18. The standard InChI is InChI=1S/C46H28N2O/c1-4-12-29(13-5-1)35-26-39-36-23-22-33(25-38(36)37-20-11-21-42-44(37)45(39)43(27-35)49-42)32-18-10-19-34(24-32)46-47-40(30-14-6-2-7-15-30)28-41(48-46)31-16-8-3-9-17-31/h1-28H. The van der Waals surface area contributed by atoms with Gasteiger partial charge < -0.3 is 4.42 Å². The molecule has 0 fully saturated rings. The molecule has 10 rings (SSSR count). The summed E-state index contributed by atoms with van der Waals surface area (Å²) in [5.74, 6) is 0.702. The molecule has 3 heteroatoms. The van der Waals surface area contributed by atoms with Crippen molar-refractivity contribution in [1.82, 2.24) is 9.97 Å². The fourth-order valence-corrected chi connectivity index (χ4v) is 7.29. The number of nitrogens with zero attached hydrogens (tertiary/aromatic N) is 2. The fourth-order valence-electron chi connectivity index (χ4n) is 7.29. The van der Waals surface area contributed by atoms with Crippen LogP contribution in [0.5, 0.6) is 0 Å². The molecular formula is C46H28N2O. The molecular weight excluding hydrogens is 597 g/mol. The van der Waals surface area contributed by atoms with E-state index in [0.717, 1.165) is 55.9 Å². The molecule has 0 atom stereocenters. The van der Waals surface area contributed by atoms with Crippen LogP contribution in [0.3, 0.4) is 0 Å². The minimum Gasteiger partial charge on any atom is -0.456 e. The average Bonchev–Trinajstić information content (AvgIpc) is 3.57. The Balaban J connectivity index is 1.15. The Bertz CT molecular complexity index is 2750. The number of rotatable bonds is 5. The van der Waals surface area contributed by atoms with Gasteiger partial charge in [0.1, 0.15) is 11.2 Å². The van der Waals surface area contributed by atoms with E-state index in [4.69, 9.17) is 14.4 Å². The van der Waals surface area contributed by atoms with Crippen LogP contribution < -0.4 is 0 Å². The first-order valence-corrected chi connectivity index (χ1v) is 16.6.